The van der Waals surface area contributed by atoms with Crippen molar-refractivity contribution < 1.29 is 18.4 Å². The number of anilines is 1. The molecule has 0 aliphatic heterocycles. The second kappa shape index (κ2) is 9.30. The molecular formula is C24H26F2N4O2. The van der Waals surface area contributed by atoms with Gasteiger partial charge >= 0.3 is 0 Å². The Labute approximate surface area is 185 Å². The summed E-state index contributed by atoms with van der Waals surface area (Å²) in [5, 5.41) is 9.99. The molecule has 0 bridgehead atoms. The Morgan fingerprint density at radius 1 is 1.06 bits per heavy atom. The maximum atomic E-state index is 13.7. The van der Waals surface area contributed by atoms with E-state index in [1.165, 1.54) is 0 Å². The van der Waals surface area contributed by atoms with Gasteiger partial charge in [0.1, 0.15) is 17.5 Å². The number of carbonyl (C=O) groups is 2. The smallest absolute Gasteiger partial charge is 0.254 e. The number of aryl methyl sites for hydroxylation is 1. The lowest BCUT2D eigenvalue weighted by atomic mass is 9.92. The lowest BCUT2D eigenvalue weighted by Gasteiger charge is -2.14. The molecule has 1 aromatic heterocycles. The Kier molecular flexibility index (Phi) is 6.72. The number of carbonyl (C=O) groups excluding carboxylic acids is 2. The lowest BCUT2D eigenvalue weighted by molar-refractivity contribution is -0.116. The van der Waals surface area contributed by atoms with Gasteiger partial charge in [-0.2, -0.15) is 5.10 Å². The number of amides is 2. The van der Waals surface area contributed by atoms with E-state index >= 15 is 0 Å². The lowest BCUT2D eigenvalue weighted by Crippen LogP contribution is -2.28. The van der Waals surface area contributed by atoms with Gasteiger partial charge in [-0.15, -0.1) is 0 Å². The van der Waals surface area contributed by atoms with Gasteiger partial charge in [-0.25, -0.2) is 13.5 Å². The number of rotatable bonds is 6. The number of hydrogen-bond acceptors (Lipinski definition) is 3. The Morgan fingerprint density at radius 3 is 2.47 bits per heavy atom. The predicted octanol–water partition coefficient (Wildman–Crippen LogP) is 4.52. The van der Waals surface area contributed by atoms with E-state index in [2.05, 4.69) is 15.7 Å². The molecule has 0 aliphatic carbocycles. The maximum absolute atomic E-state index is 13.7. The minimum absolute atomic E-state index is 0.00774. The minimum atomic E-state index is -0.955. The standard InChI is InChI=1S/C24H26F2N4O2/c1-15-6-5-7-17(12-15)30-21(14-20(29-30)24(2,3)4)28-22(31)10-11-27-23(32)18-9-8-16(25)13-19(18)26/h5-9,12-14H,10-11H2,1-4H3,(H,27,32)(H,28,31). The number of halogens is 2. The summed E-state index contributed by atoms with van der Waals surface area (Å²) in [4.78, 5) is 24.6. The average Bonchev–Trinajstić information content (AvgIpc) is 3.12. The van der Waals surface area contributed by atoms with E-state index in [4.69, 9.17) is 0 Å². The summed E-state index contributed by atoms with van der Waals surface area (Å²) in [5.74, 6) is -2.25. The molecule has 0 spiro atoms. The van der Waals surface area contributed by atoms with Crippen LogP contribution in [-0.2, 0) is 10.2 Å². The van der Waals surface area contributed by atoms with Crippen LogP contribution in [0.2, 0.25) is 0 Å². The SMILES string of the molecule is Cc1cccc(-n2nc(C(C)(C)C)cc2NC(=O)CCNC(=O)c2ccc(F)cc2F)c1. The summed E-state index contributed by atoms with van der Waals surface area (Å²) in [6.45, 7) is 8.07. The fourth-order valence-corrected chi connectivity index (χ4v) is 3.06. The first-order valence-corrected chi connectivity index (χ1v) is 10.3. The summed E-state index contributed by atoms with van der Waals surface area (Å²) in [7, 11) is 0. The van der Waals surface area contributed by atoms with Crippen LogP contribution in [0.25, 0.3) is 5.69 Å². The quantitative estimate of drug-likeness (QED) is 0.592. The fourth-order valence-electron chi connectivity index (χ4n) is 3.06. The first-order valence-electron chi connectivity index (χ1n) is 10.3. The first kappa shape index (κ1) is 23.1. The number of nitrogens with one attached hydrogen (secondary N) is 2. The van der Waals surface area contributed by atoms with Crippen molar-refractivity contribution >= 4 is 17.6 Å². The highest BCUT2D eigenvalue weighted by Gasteiger charge is 2.21. The van der Waals surface area contributed by atoms with Gasteiger partial charge in [-0.1, -0.05) is 32.9 Å². The van der Waals surface area contributed by atoms with Crippen molar-refractivity contribution in [1.29, 1.82) is 0 Å². The molecule has 0 atom stereocenters. The Balaban J connectivity index is 1.69. The normalized spacial score (nSPS) is 11.3. The van der Waals surface area contributed by atoms with Crippen molar-refractivity contribution in [2.24, 2.45) is 0 Å². The van der Waals surface area contributed by atoms with E-state index in [1.807, 2.05) is 58.0 Å². The van der Waals surface area contributed by atoms with Crippen molar-refractivity contribution in [3.8, 4) is 5.69 Å². The van der Waals surface area contributed by atoms with Gasteiger partial charge in [0, 0.05) is 30.5 Å². The van der Waals surface area contributed by atoms with Crippen LogP contribution in [-0.4, -0.2) is 28.1 Å². The third kappa shape index (κ3) is 5.57. The summed E-state index contributed by atoms with van der Waals surface area (Å²) in [5.41, 5.74) is 2.19. The monoisotopic (exact) mass is 440 g/mol. The molecule has 0 fully saturated rings. The van der Waals surface area contributed by atoms with Crippen LogP contribution in [0.15, 0.2) is 48.5 Å². The summed E-state index contributed by atoms with van der Waals surface area (Å²) < 4.78 is 28.4. The Morgan fingerprint density at radius 2 is 1.81 bits per heavy atom. The molecule has 0 unspecified atom stereocenters. The van der Waals surface area contributed by atoms with Crippen LogP contribution in [0.5, 0.6) is 0 Å². The molecule has 3 aromatic rings. The molecule has 2 aromatic carbocycles. The van der Waals surface area contributed by atoms with Gasteiger partial charge in [0.25, 0.3) is 5.91 Å². The number of nitrogens with zero attached hydrogens (tertiary/aromatic N) is 2. The van der Waals surface area contributed by atoms with Crippen LogP contribution in [0.4, 0.5) is 14.6 Å². The molecule has 8 heteroatoms. The summed E-state index contributed by atoms with van der Waals surface area (Å²) in [6, 6.07) is 12.3. The highest BCUT2D eigenvalue weighted by atomic mass is 19.1. The zero-order valence-corrected chi connectivity index (χ0v) is 18.5. The third-order valence-electron chi connectivity index (χ3n) is 4.80. The van der Waals surface area contributed by atoms with Gasteiger partial charge < -0.3 is 10.6 Å². The predicted molar refractivity (Wildman–Crippen MR) is 119 cm³/mol. The first-order chi connectivity index (χ1) is 15.0. The van der Waals surface area contributed by atoms with Gasteiger partial charge in [0.15, 0.2) is 0 Å². The molecule has 2 N–H and O–H groups in total. The van der Waals surface area contributed by atoms with Crippen LogP contribution in [0, 0.1) is 18.6 Å². The molecule has 168 valence electrons. The Bertz CT molecular complexity index is 1150. The number of hydrogen-bond donors (Lipinski definition) is 2. The fraction of sp³-hybridized carbons (Fsp3) is 0.292. The van der Waals surface area contributed by atoms with E-state index in [1.54, 1.807) is 4.68 Å². The van der Waals surface area contributed by atoms with E-state index in [-0.39, 0.29) is 29.9 Å². The van der Waals surface area contributed by atoms with Crippen molar-refractivity contribution in [3.05, 3.63) is 77.0 Å². The molecule has 0 saturated heterocycles. The van der Waals surface area contributed by atoms with Gasteiger partial charge in [0.05, 0.1) is 16.9 Å². The van der Waals surface area contributed by atoms with Gasteiger partial charge in [-0.3, -0.25) is 9.59 Å². The molecule has 3 rings (SSSR count). The molecule has 1 heterocycles. The average molecular weight is 440 g/mol. The van der Waals surface area contributed by atoms with E-state index in [9.17, 15) is 18.4 Å². The molecule has 32 heavy (non-hydrogen) atoms. The summed E-state index contributed by atoms with van der Waals surface area (Å²) >= 11 is 0. The van der Waals surface area contributed by atoms with Crippen LogP contribution >= 0.6 is 0 Å². The molecule has 0 aliphatic rings. The second-order valence-corrected chi connectivity index (χ2v) is 8.59. The largest absolute Gasteiger partial charge is 0.351 e. The maximum Gasteiger partial charge on any atom is 0.254 e. The summed E-state index contributed by atoms with van der Waals surface area (Å²) in [6.07, 6.45) is -0.0294. The molecule has 0 saturated carbocycles. The van der Waals surface area contributed by atoms with Crippen molar-refractivity contribution in [1.82, 2.24) is 15.1 Å². The zero-order chi connectivity index (χ0) is 23.5. The molecular weight excluding hydrogens is 414 g/mol. The highest BCUT2D eigenvalue weighted by Crippen LogP contribution is 2.26. The zero-order valence-electron chi connectivity index (χ0n) is 18.5. The second-order valence-electron chi connectivity index (χ2n) is 8.59. The molecule has 2 amide bonds. The molecule has 0 radical (unpaired) electrons. The van der Waals surface area contributed by atoms with Crippen LogP contribution in [0.1, 0.15) is 48.8 Å². The highest BCUT2D eigenvalue weighted by molar-refractivity contribution is 5.95. The van der Waals surface area contributed by atoms with E-state index in [0.29, 0.717) is 11.9 Å². The number of aromatic nitrogens is 2. The van der Waals surface area contributed by atoms with E-state index in [0.717, 1.165) is 29.1 Å². The van der Waals surface area contributed by atoms with Crippen LogP contribution in [0.3, 0.4) is 0 Å². The molecule has 6 nitrogen and oxygen atoms in total. The van der Waals surface area contributed by atoms with Gasteiger partial charge in [-0.05, 0) is 36.8 Å². The number of benzene rings is 2. The van der Waals surface area contributed by atoms with Crippen LogP contribution < -0.4 is 10.6 Å². The third-order valence-corrected chi connectivity index (χ3v) is 4.80. The Hall–Kier alpha value is -3.55. The topological polar surface area (TPSA) is 76.0 Å². The minimum Gasteiger partial charge on any atom is -0.351 e. The van der Waals surface area contributed by atoms with E-state index < -0.39 is 17.5 Å². The van der Waals surface area contributed by atoms with Crippen molar-refractivity contribution in [2.75, 3.05) is 11.9 Å². The van der Waals surface area contributed by atoms with Crippen molar-refractivity contribution in [2.45, 2.75) is 39.5 Å². The van der Waals surface area contributed by atoms with Crippen molar-refractivity contribution in [3.63, 3.8) is 0 Å². The van der Waals surface area contributed by atoms with Gasteiger partial charge in [0.2, 0.25) is 5.91 Å².